The second-order valence-electron chi connectivity index (χ2n) is 4.62. The van der Waals surface area contributed by atoms with Crippen LogP contribution in [0.15, 0.2) is 41.3 Å². The Kier molecular flexibility index (Phi) is 4.53. The van der Waals surface area contributed by atoms with Crippen LogP contribution in [-0.2, 0) is 0 Å². The van der Waals surface area contributed by atoms with Crippen molar-refractivity contribution in [1.82, 2.24) is 0 Å². The molecule has 0 bridgehead atoms. The molecule has 1 aliphatic rings. The van der Waals surface area contributed by atoms with Gasteiger partial charge in [0, 0.05) is 16.0 Å². The number of hydrogen-bond acceptors (Lipinski definition) is 3. The summed E-state index contributed by atoms with van der Waals surface area (Å²) in [4.78, 5) is 1.14. The normalized spacial score (nSPS) is 14.8. The third kappa shape index (κ3) is 2.96. The van der Waals surface area contributed by atoms with Gasteiger partial charge in [-0.3, -0.25) is 0 Å². The first kappa shape index (κ1) is 14.9. The third-order valence-electron chi connectivity index (χ3n) is 3.35. The van der Waals surface area contributed by atoms with Gasteiger partial charge in [-0.25, -0.2) is 0 Å². The Morgan fingerprint density at radius 3 is 2.43 bits per heavy atom. The van der Waals surface area contributed by atoms with Crippen molar-refractivity contribution in [3.63, 3.8) is 0 Å². The number of hydrogen-bond donors (Lipinski definition) is 0. The van der Waals surface area contributed by atoms with Gasteiger partial charge in [0.1, 0.15) is 13.2 Å². The van der Waals surface area contributed by atoms with Crippen LogP contribution in [0.5, 0.6) is 11.5 Å². The Balaban J connectivity index is 2.03. The first-order chi connectivity index (χ1) is 10.2. The van der Waals surface area contributed by atoms with Crippen molar-refractivity contribution in [2.75, 3.05) is 19.5 Å². The van der Waals surface area contributed by atoms with Crippen molar-refractivity contribution >= 4 is 35.0 Å². The molecular weight excluding hydrogens is 327 g/mol. The largest absolute Gasteiger partial charge is 0.486 e. The van der Waals surface area contributed by atoms with E-state index in [0.717, 1.165) is 16.0 Å². The van der Waals surface area contributed by atoms with Crippen LogP contribution in [0.1, 0.15) is 16.5 Å². The molecule has 110 valence electrons. The Bertz CT molecular complexity index is 661. The molecule has 2 aromatic rings. The van der Waals surface area contributed by atoms with Crippen LogP contribution in [0.4, 0.5) is 0 Å². The molecule has 5 heteroatoms. The summed E-state index contributed by atoms with van der Waals surface area (Å²) in [6.45, 7) is 1.09. The molecule has 2 nitrogen and oxygen atoms in total. The number of thioether (sulfide) groups is 1. The summed E-state index contributed by atoms with van der Waals surface area (Å²) in [6.07, 6.45) is 2.04. The van der Waals surface area contributed by atoms with Gasteiger partial charge in [0.2, 0.25) is 0 Å². The van der Waals surface area contributed by atoms with E-state index < -0.39 is 0 Å². The van der Waals surface area contributed by atoms with Gasteiger partial charge in [0.05, 0.1) is 5.38 Å². The van der Waals surface area contributed by atoms with Crippen LogP contribution in [0.3, 0.4) is 0 Å². The van der Waals surface area contributed by atoms with Crippen LogP contribution in [0.2, 0.25) is 5.02 Å². The van der Waals surface area contributed by atoms with E-state index in [1.807, 2.05) is 30.5 Å². The molecule has 3 rings (SSSR count). The van der Waals surface area contributed by atoms with Crippen LogP contribution in [0.25, 0.3) is 0 Å². The lowest BCUT2D eigenvalue weighted by molar-refractivity contribution is 0.171. The molecule has 1 heterocycles. The zero-order valence-electron chi connectivity index (χ0n) is 11.4. The van der Waals surface area contributed by atoms with Crippen LogP contribution >= 0.6 is 35.0 Å². The highest BCUT2D eigenvalue weighted by atomic mass is 35.5. The smallest absolute Gasteiger partial charge is 0.162 e. The number of alkyl halides is 1. The predicted octanol–water partition coefficient (Wildman–Crippen LogP) is 5.16. The molecule has 1 atom stereocenters. The molecule has 0 aliphatic carbocycles. The number of benzene rings is 2. The first-order valence-corrected chi connectivity index (χ1v) is 8.60. The van der Waals surface area contributed by atoms with E-state index in [9.17, 15) is 0 Å². The van der Waals surface area contributed by atoms with Crippen molar-refractivity contribution in [2.45, 2.75) is 10.3 Å². The van der Waals surface area contributed by atoms with Gasteiger partial charge in [0.15, 0.2) is 11.5 Å². The number of halogens is 2. The maximum absolute atomic E-state index is 6.67. The molecule has 0 aromatic heterocycles. The highest BCUT2D eigenvalue weighted by molar-refractivity contribution is 7.98. The van der Waals surface area contributed by atoms with Crippen LogP contribution in [0, 0.1) is 0 Å². The quantitative estimate of drug-likeness (QED) is 0.567. The lowest BCUT2D eigenvalue weighted by Gasteiger charge is -2.22. The minimum Gasteiger partial charge on any atom is -0.486 e. The summed E-state index contributed by atoms with van der Waals surface area (Å²) < 4.78 is 11.1. The molecule has 21 heavy (non-hydrogen) atoms. The van der Waals surface area contributed by atoms with Crippen molar-refractivity contribution < 1.29 is 9.47 Å². The molecule has 0 spiro atoms. The zero-order chi connectivity index (χ0) is 14.8. The lowest BCUT2D eigenvalue weighted by Crippen LogP contribution is -2.15. The molecule has 0 saturated carbocycles. The predicted molar refractivity (Wildman–Crippen MR) is 88.4 cm³/mol. The summed E-state index contributed by atoms with van der Waals surface area (Å²) in [6, 6.07) is 11.7. The average molecular weight is 341 g/mol. The molecule has 0 saturated heterocycles. The summed E-state index contributed by atoms with van der Waals surface area (Å²) in [5.41, 5.74) is 1.88. The summed E-state index contributed by atoms with van der Waals surface area (Å²) in [5.74, 6) is 1.38. The van der Waals surface area contributed by atoms with Gasteiger partial charge >= 0.3 is 0 Å². The molecule has 0 N–H and O–H groups in total. The summed E-state index contributed by atoms with van der Waals surface area (Å²) in [5, 5.41) is 0.270. The molecule has 0 fully saturated rings. The van der Waals surface area contributed by atoms with Crippen LogP contribution < -0.4 is 9.47 Å². The fourth-order valence-electron chi connectivity index (χ4n) is 2.32. The third-order valence-corrected chi connectivity index (χ3v) is 4.96. The fourth-order valence-corrected chi connectivity index (χ4v) is 3.71. The van der Waals surface area contributed by atoms with Gasteiger partial charge in [-0.15, -0.1) is 23.4 Å². The Morgan fingerprint density at radius 2 is 1.71 bits per heavy atom. The van der Waals surface area contributed by atoms with E-state index in [1.54, 1.807) is 17.8 Å². The van der Waals surface area contributed by atoms with Crippen molar-refractivity contribution in [3.8, 4) is 11.5 Å². The Morgan fingerprint density at radius 1 is 1.05 bits per heavy atom. The van der Waals surface area contributed by atoms with Crippen molar-refractivity contribution in [3.05, 3.63) is 52.5 Å². The van der Waals surface area contributed by atoms with Crippen LogP contribution in [-0.4, -0.2) is 19.5 Å². The highest BCUT2D eigenvalue weighted by Gasteiger charge is 2.22. The number of rotatable bonds is 3. The van der Waals surface area contributed by atoms with Crippen molar-refractivity contribution in [1.29, 1.82) is 0 Å². The van der Waals surface area contributed by atoms with Gasteiger partial charge in [-0.1, -0.05) is 29.8 Å². The maximum atomic E-state index is 6.67. The van der Waals surface area contributed by atoms with Crippen molar-refractivity contribution in [2.24, 2.45) is 0 Å². The molecule has 1 unspecified atom stereocenters. The van der Waals surface area contributed by atoms with Gasteiger partial charge in [0.25, 0.3) is 0 Å². The standard InChI is InChI=1S/C16H14Cl2O2S/c1-21-15-5-3-2-4-10(15)16(18)11-8-13-14(9-12(11)17)20-7-6-19-13/h2-5,8-9,16H,6-7H2,1H3. The van der Waals surface area contributed by atoms with E-state index in [2.05, 4.69) is 6.07 Å². The Hall–Kier alpha value is -1.03. The van der Waals surface area contributed by atoms with Gasteiger partial charge in [-0.2, -0.15) is 0 Å². The maximum Gasteiger partial charge on any atom is 0.162 e. The molecular formula is C16H14Cl2O2S. The number of ether oxygens (including phenoxy) is 2. The molecule has 1 aliphatic heterocycles. The van der Waals surface area contributed by atoms with E-state index in [-0.39, 0.29) is 5.38 Å². The van der Waals surface area contributed by atoms with Gasteiger partial charge in [-0.05, 0) is 29.5 Å². The molecule has 0 amide bonds. The summed E-state index contributed by atoms with van der Waals surface area (Å²) in [7, 11) is 0. The number of fused-ring (bicyclic) bond motifs is 1. The topological polar surface area (TPSA) is 18.5 Å². The SMILES string of the molecule is CSc1ccccc1C(Cl)c1cc2c(cc1Cl)OCCO2. The average Bonchev–Trinajstić information content (AvgIpc) is 2.53. The van der Waals surface area contributed by atoms with E-state index in [4.69, 9.17) is 32.7 Å². The van der Waals surface area contributed by atoms with E-state index in [0.29, 0.717) is 29.7 Å². The Labute approximate surface area is 138 Å². The molecule has 0 radical (unpaired) electrons. The minimum atomic E-state index is -0.322. The first-order valence-electron chi connectivity index (χ1n) is 6.56. The highest BCUT2D eigenvalue weighted by Crippen LogP contribution is 2.43. The monoisotopic (exact) mass is 340 g/mol. The zero-order valence-corrected chi connectivity index (χ0v) is 13.8. The van der Waals surface area contributed by atoms with E-state index >= 15 is 0 Å². The lowest BCUT2D eigenvalue weighted by atomic mass is 10.0. The summed E-state index contributed by atoms with van der Waals surface area (Å²) >= 11 is 14.7. The fraction of sp³-hybridized carbons (Fsp3) is 0.250. The minimum absolute atomic E-state index is 0.322. The second-order valence-corrected chi connectivity index (χ2v) is 6.31. The van der Waals surface area contributed by atoms with Gasteiger partial charge < -0.3 is 9.47 Å². The molecule has 2 aromatic carbocycles. The van der Waals surface area contributed by atoms with E-state index in [1.165, 1.54) is 0 Å². The second kappa shape index (κ2) is 6.39.